The summed E-state index contributed by atoms with van der Waals surface area (Å²) in [5.74, 6) is 0.742. The zero-order valence-corrected chi connectivity index (χ0v) is 12.5. The number of amides is 1. The van der Waals surface area contributed by atoms with Crippen molar-refractivity contribution in [2.24, 2.45) is 11.7 Å². The van der Waals surface area contributed by atoms with Gasteiger partial charge in [-0.3, -0.25) is 4.79 Å². The Morgan fingerprint density at radius 2 is 2.26 bits per heavy atom. The van der Waals surface area contributed by atoms with Crippen LogP contribution in [-0.2, 0) is 11.2 Å². The van der Waals surface area contributed by atoms with Crippen molar-refractivity contribution in [1.82, 2.24) is 4.90 Å². The molecule has 2 unspecified atom stereocenters. The molecule has 1 saturated carbocycles. The van der Waals surface area contributed by atoms with Gasteiger partial charge >= 0.3 is 0 Å². The third-order valence-corrected chi connectivity index (χ3v) is 4.90. The zero-order chi connectivity index (χ0) is 13.7. The van der Waals surface area contributed by atoms with Gasteiger partial charge in [-0.1, -0.05) is 12.8 Å². The Labute approximate surface area is 119 Å². The summed E-state index contributed by atoms with van der Waals surface area (Å²) in [6.45, 7) is 3.57. The Bertz CT molecular complexity index is 391. The van der Waals surface area contributed by atoms with E-state index in [-0.39, 0.29) is 5.91 Å². The van der Waals surface area contributed by atoms with E-state index in [1.54, 1.807) is 11.3 Å². The lowest BCUT2D eigenvalue weighted by molar-refractivity contribution is -0.134. The molecule has 0 radical (unpaired) electrons. The Balaban J connectivity index is 2.03. The molecule has 4 heteroatoms. The van der Waals surface area contributed by atoms with Gasteiger partial charge in [0.1, 0.15) is 0 Å². The van der Waals surface area contributed by atoms with Crippen LogP contribution in [-0.4, -0.2) is 29.9 Å². The van der Waals surface area contributed by atoms with Crippen LogP contribution in [0.25, 0.3) is 0 Å². The minimum absolute atomic E-state index is 0.256. The predicted molar refractivity (Wildman–Crippen MR) is 80.2 cm³/mol. The summed E-state index contributed by atoms with van der Waals surface area (Å²) in [6, 6.07) is 2.40. The maximum atomic E-state index is 12.5. The van der Waals surface area contributed by atoms with E-state index in [2.05, 4.69) is 17.2 Å². The number of hydrogen-bond acceptors (Lipinski definition) is 3. The van der Waals surface area contributed by atoms with Gasteiger partial charge in [-0.25, -0.2) is 0 Å². The normalized spacial score (nSPS) is 23.3. The van der Waals surface area contributed by atoms with Crippen LogP contribution in [0.5, 0.6) is 0 Å². The summed E-state index contributed by atoms with van der Waals surface area (Å²) in [5.41, 5.74) is 7.02. The Kier molecular flexibility index (Phi) is 5.40. The lowest BCUT2D eigenvalue weighted by Gasteiger charge is -2.39. The van der Waals surface area contributed by atoms with Crippen molar-refractivity contribution in [1.29, 1.82) is 0 Å². The molecule has 0 spiro atoms. The van der Waals surface area contributed by atoms with Gasteiger partial charge in [0, 0.05) is 12.6 Å². The lowest BCUT2D eigenvalue weighted by atomic mass is 9.83. The molecule has 0 aliphatic heterocycles. The fourth-order valence-corrected chi connectivity index (χ4v) is 3.81. The van der Waals surface area contributed by atoms with E-state index in [0.717, 1.165) is 18.5 Å². The third-order valence-electron chi connectivity index (χ3n) is 4.17. The second kappa shape index (κ2) is 7.06. The van der Waals surface area contributed by atoms with Crippen LogP contribution in [0, 0.1) is 5.92 Å². The molecule has 1 aromatic rings. The molecular formula is C15H24N2OS. The lowest BCUT2D eigenvalue weighted by Crippen LogP contribution is -2.48. The van der Waals surface area contributed by atoms with Gasteiger partial charge < -0.3 is 10.6 Å². The second-order valence-electron chi connectivity index (χ2n) is 5.34. The Morgan fingerprint density at radius 3 is 2.89 bits per heavy atom. The van der Waals surface area contributed by atoms with Crippen molar-refractivity contribution in [2.75, 3.05) is 13.1 Å². The van der Waals surface area contributed by atoms with Crippen LogP contribution in [0.3, 0.4) is 0 Å². The Hall–Kier alpha value is -0.870. The summed E-state index contributed by atoms with van der Waals surface area (Å²) in [6.07, 6.45) is 5.30. The molecule has 2 rings (SSSR count). The van der Waals surface area contributed by atoms with E-state index in [9.17, 15) is 4.79 Å². The quantitative estimate of drug-likeness (QED) is 0.901. The highest BCUT2D eigenvalue weighted by Crippen LogP contribution is 2.28. The second-order valence-corrected chi connectivity index (χ2v) is 6.12. The van der Waals surface area contributed by atoms with Gasteiger partial charge in [-0.15, -0.1) is 0 Å². The molecule has 0 bridgehead atoms. The van der Waals surface area contributed by atoms with E-state index >= 15 is 0 Å². The molecule has 1 fully saturated rings. The largest absolute Gasteiger partial charge is 0.339 e. The summed E-state index contributed by atoms with van der Waals surface area (Å²) < 4.78 is 0. The van der Waals surface area contributed by atoms with Crippen LogP contribution in [0.15, 0.2) is 16.8 Å². The van der Waals surface area contributed by atoms with Crippen molar-refractivity contribution in [2.45, 2.75) is 45.1 Å². The van der Waals surface area contributed by atoms with Crippen molar-refractivity contribution < 1.29 is 4.79 Å². The van der Waals surface area contributed by atoms with E-state index in [1.165, 1.54) is 19.3 Å². The Morgan fingerprint density at radius 1 is 1.47 bits per heavy atom. The molecule has 1 aromatic heterocycles. The number of thiophene rings is 1. The van der Waals surface area contributed by atoms with Gasteiger partial charge in [0.05, 0.1) is 6.42 Å². The number of likely N-dealkylation sites (N-methyl/N-ethyl adjacent to an activating group) is 1. The van der Waals surface area contributed by atoms with Crippen molar-refractivity contribution in [3.63, 3.8) is 0 Å². The van der Waals surface area contributed by atoms with E-state index in [4.69, 9.17) is 5.73 Å². The van der Waals surface area contributed by atoms with E-state index in [0.29, 0.717) is 24.9 Å². The standard InChI is InChI=1S/C15H24N2OS/c1-2-17(14-6-4-3-5-13(14)10-16)15(18)9-12-7-8-19-11-12/h7-8,11,13-14H,2-6,9-10,16H2,1H3. The molecule has 2 N–H and O–H groups in total. The fourth-order valence-electron chi connectivity index (χ4n) is 3.14. The summed E-state index contributed by atoms with van der Waals surface area (Å²) in [7, 11) is 0. The maximum Gasteiger partial charge on any atom is 0.227 e. The highest BCUT2D eigenvalue weighted by atomic mass is 32.1. The third kappa shape index (κ3) is 3.57. The first-order valence-corrected chi connectivity index (χ1v) is 8.21. The van der Waals surface area contributed by atoms with Crippen LogP contribution >= 0.6 is 11.3 Å². The minimum atomic E-state index is 0.256. The molecule has 106 valence electrons. The highest BCUT2D eigenvalue weighted by molar-refractivity contribution is 7.07. The number of nitrogens with zero attached hydrogens (tertiary/aromatic N) is 1. The smallest absolute Gasteiger partial charge is 0.227 e. The summed E-state index contributed by atoms with van der Waals surface area (Å²) in [5, 5.41) is 4.09. The molecule has 3 nitrogen and oxygen atoms in total. The number of hydrogen-bond donors (Lipinski definition) is 1. The fraction of sp³-hybridized carbons (Fsp3) is 0.667. The molecule has 0 aromatic carbocycles. The molecule has 1 aliphatic carbocycles. The first-order chi connectivity index (χ1) is 9.26. The van der Waals surface area contributed by atoms with Crippen molar-refractivity contribution in [3.05, 3.63) is 22.4 Å². The predicted octanol–water partition coefficient (Wildman–Crippen LogP) is 2.66. The van der Waals surface area contributed by atoms with Gasteiger partial charge in [-0.2, -0.15) is 11.3 Å². The molecular weight excluding hydrogens is 256 g/mol. The van der Waals surface area contributed by atoms with Gasteiger partial charge in [0.2, 0.25) is 5.91 Å². The zero-order valence-electron chi connectivity index (χ0n) is 11.7. The summed E-state index contributed by atoms with van der Waals surface area (Å²) in [4.78, 5) is 14.6. The molecule has 2 atom stereocenters. The first kappa shape index (κ1) is 14.5. The van der Waals surface area contributed by atoms with Crippen molar-refractivity contribution in [3.8, 4) is 0 Å². The van der Waals surface area contributed by atoms with Gasteiger partial charge in [0.15, 0.2) is 0 Å². The van der Waals surface area contributed by atoms with Crippen LogP contribution in [0.2, 0.25) is 0 Å². The van der Waals surface area contributed by atoms with E-state index in [1.807, 2.05) is 11.4 Å². The summed E-state index contributed by atoms with van der Waals surface area (Å²) >= 11 is 1.65. The highest BCUT2D eigenvalue weighted by Gasteiger charge is 2.31. The molecule has 1 amide bonds. The molecule has 1 heterocycles. The monoisotopic (exact) mass is 280 g/mol. The molecule has 0 saturated heterocycles. The average Bonchev–Trinajstić information content (AvgIpc) is 2.93. The number of nitrogens with two attached hydrogens (primary N) is 1. The molecule has 1 aliphatic rings. The van der Waals surface area contributed by atoms with Crippen molar-refractivity contribution >= 4 is 17.2 Å². The minimum Gasteiger partial charge on any atom is -0.339 e. The van der Waals surface area contributed by atoms with Crippen LogP contribution in [0.4, 0.5) is 0 Å². The van der Waals surface area contributed by atoms with Crippen LogP contribution < -0.4 is 5.73 Å². The van der Waals surface area contributed by atoms with E-state index < -0.39 is 0 Å². The maximum absolute atomic E-state index is 12.5. The molecule has 19 heavy (non-hydrogen) atoms. The SMILES string of the molecule is CCN(C(=O)Cc1ccsc1)C1CCCCC1CN. The topological polar surface area (TPSA) is 46.3 Å². The van der Waals surface area contributed by atoms with Crippen LogP contribution in [0.1, 0.15) is 38.2 Å². The number of carbonyl (C=O) groups is 1. The first-order valence-electron chi connectivity index (χ1n) is 7.26. The number of rotatable bonds is 5. The number of carbonyl (C=O) groups excluding carboxylic acids is 1. The average molecular weight is 280 g/mol. The van der Waals surface area contributed by atoms with Gasteiger partial charge in [0.25, 0.3) is 0 Å². The van der Waals surface area contributed by atoms with Gasteiger partial charge in [-0.05, 0) is 54.6 Å².